The maximum atomic E-state index is 3.51. The van der Waals surface area contributed by atoms with Gasteiger partial charge in [0.05, 0.1) is 0 Å². The highest BCUT2D eigenvalue weighted by atomic mass is 15.2. The first-order valence-corrected chi connectivity index (χ1v) is 5.81. The van der Waals surface area contributed by atoms with Crippen LogP contribution in [0.1, 0.15) is 32.6 Å². The summed E-state index contributed by atoms with van der Waals surface area (Å²) in [5, 5.41) is 3.51. The van der Waals surface area contributed by atoms with Crippen molar-refractivity contribution in [3.05, 3.63) is 0 Å². The second kappa shape index (κ2) is 4.43. The molecule has 0 radical (unpaired) electrons. The van der Waals surface area contributed by atoms with Gasteiger partial charge in [-0.3, -0.25) is 4.90 Å². The largest absolute Gasteiger partial charge is 0.315 e. The predicted octanol–water partition coefficient (Wildman–Crippen LogP) is 1.47. The van der Waals surface area contributed by atoms with E-state index >= 15 is 0 Å². The van der Waals surface area contributed by atoms with Crippen LogP contribution in [0.3, 0.4) is 0 Å². The number of likely N-dealkylation sites (tertiary alicyclic amines) is 1. The van der Waals surface area contributed by atoms with Crippen molar-refractivity contribution in [1.82, 2.24) is 10.2 Å². The molecule has 0 spiro atoms. The van der Waals surface area contributed by atoms with Gasteiger partial charge in [0, 0.05) is 19.1 Å². The van der Waals surface area contributed by atoms with Crippen molar-refractivity contribution in [2.24, 2.45) is 5.92 Å². The Morgan fingerprint density at radius 2 is 2.15 bits per heavy atom. The van der Waals surface area contributed by atoms with Gasteiger partial charge in [0.1, 0.15) is 0 Å². The summed E-state index contributed by atoms with van der Waals surface area (Å²) in [6.07, 6.45) is 5.64. The summed E-state index contributed by atoms with van der Waals surface area (Å²) in [5.41, 5.74) is 0. The van der Waals surface area contributed by atoms with Crippen LogP contribution in [0.5, 0.6) is 0 Å². The Labute approximate surface area is 81.7 Å². The molecule has 2 atom stereocenters. The zero-order valence-corrected chi connectivity index (χ0v) is 8.76. The highest BCUT2D eigenvalue weighted by Gasteiger charge is 2.24. The number of nitrogens with one attached hydrogen (secondary N) is 1. The number of hydrogen-bond acceptors (Lipinski definition) is 2. The van der Waals surface area contributed by atoms with E-state index in [0.717, 1.165) is 12.0 Å². The molecule has 0 saturated carbocycles. The standard InChI is InChI=1S/C11H22N2/c1-10-4-3-7-13(9-10)11-5-2-6-12-8-11/h10-12H,2-9H2,1H3/t10-,11-/m0/s1. The fraction of sp³-hybridized carbons (Fsp3) is 1.00. The third-order valence-electron chi connectivity index (χ3n) is 3.48. The van der Waals surface area contributed by atoms with E-state index in [0.29, 0.717) is 0 Å². The molecule has 76 valence electrons. The Balaban J connectivity index is 1.83. The van der Waals surface area contributed by atoms with Crippen molar-refractivity contribution in [3.8, 4) is 0 Å². The zero-order valence-electron chi connectivity index (χ0n) is 8.76. The quantitative estimate of drug-likeness (QED) is 0.660. The highest BCUT2D eigenvalue weighted by molar-refractivity contribution is 4.81. The van der Waals surface area contributed by atoms with Gasteiger partial charge in [0.2, 0.25) is 0 Å². The molecular weight excluding hydrogens is 160 g/mol. The minimum Gasteiger partial charge on any atom is -0.315 e. The van der Waals surface area contributed by atoms with Crippen LogP contribution in [0.25, 0.3) is 0 Å². The van der Waals surface area contributed by atoms with E-state index in [1.54, 1.807) is 0 Å². The van der Waals surface area contributed by atoms with Crippen LogP contribution in [-0.4, -0.2) is 37.1 Å². The van der Waals surface area contributed by atoms with Crippen molar-refractivity contribution >= 4 is 0 Å². The van der Waals surface area contributed by atoms with E-state index in [1.165, 1.54) is 51.9 Å². The van der Waals surface area contributed by atoms with E-state index in [2.05, 4.69) is 17.1 Å². The molecule has 2 fully saturated rings. The zero-order chi connectivity index (χ0) is 9.10. The van der Waals surface area contributed by atoms with E-state index in [-0.39, 0.29) is 0 Å². The smallest absolute Gasteiger partial charge is 0.0221 e. The lowest BCUT2D eigenvalue weighted by Crippen LogP contribution is -2.49. The first-order valence-electron chi connectivity index (χ1n) is 5.81. The fourth-order valence-corrected chi connectivity index (χ4v) is 2.70. The number of hydrogen-bond donors (Lipinski definition) is 1. The summed E-state index contributed by atoms with van der Waals surface area (Å²) in [7, 11) is 0. The molecule has 2 aliphatic rings. The van der Waals surface area contributed by atoms with Gasteiger partial charge < -0.3 is 5.32 Å². The average Bonchev–Trinajstić information content (AvgIpc) is 2.19. The second-order valence-corrected chi connectivity index (χ2v) is 4.74. The highest BCUT2D eigenvalue weighted by Crippen LogP contribution is 2.20. The van der Waals surface area contributed by atoms with Crippen LogP contribution in [0, 0.1) is 5.92 Å². The van der Waals surface area contributed by atoms with Gasteiger partial charge in [0.25, 0.3) is 0 Å². The predicted molar refractivity (Wildman–Crippen MR) is 55.9 cm³/mol. The van der Waals surface area contributed by atoms with Crippen LogP contribution < -0.4 is 5.32 Å². The second-order valence-electron chi connectivity index (χ2n) is 4.74. The molecule has 2 heteroatoms. The monoisotopic (exact) mass is 182 g/mol. The van der Waals surface area contributed by atoms with Crippen molar-refractivity contribution in [3.63, 3.8) is 0 Å². The summed E-state index contributed by atoms with van der Waals surface area (Å²) >= 11 is 0. The van der Waals surface area contributed by atoms with Gasteiger partial charge in [-0.05, 0) is 44.7 Å². The Bertz CT molecular complexity index is 152. The molecule has 0 aromatic rings. The van der Waals surface area contributed by atoms with Crippen molar-refractivity contribution in [2.45, 2.75) is 38.6 Å². The molecule has 0 aromatic heterocycles. The van der Waals surface area contributed by atoms with E-state index in [1.807, 2.05) is 0 Å². The summed E-state index contributed by atoms with van der Waals surface area (Å²) in [6, 6.07) is 0.844. The molecule has 2 heterocycles. The average molecular weight is 182 g/mol. The van der Waals surface area contributed by atoms with Crippen molar-refractivity contribution in [2.75, 3.05) is 26.2 Å². The molecule has 0 aliphatic carbocycles. The first-order chi connectivity index (χ1) is 6.36. The molecule has 1 N–H and O–H groups in total. The third-order valence-corrected chi connectivity index (χ3v) is 3.48. The van der Waals surface area contributed by atoms with E-state index in [4.69, 9.17) is 0 Å². The van der Waals surface area contributed by atoms with Gasteiger partial charge >= 0.3 is 0 Å². The molecule has 13 heavy (non-hydrogen) atoms. The van der Waals surface area contributed by atoms with Crippen LogP contribution >= 0.6 is 0 Å². The molecular formula is C11H22N2. The van der Waals surface area contributed by atoms with Crippen molar-refractivity contribution in [1.29, 1.82) is 0 Å². The summed E-state index contributed by atoms with van der Waals surface area (Å²) < 4.78 is 0. The lowest BCUT2D eigenvalue weighted by Gasteiger charge is -2.39. The van der Waals surface area contributed by atoms with Gasteiger partial charge in [-0.15, -0.1) is 0 Å². The number of piperidine rings is 2. The molecule has 2 saturated heterocycles. The topological polar surface area (TPSA) is 15.3 Å². The van der Waals surface area contributed by atoms with E-state index < -0.39 is 0 Å². The fourth-order valence-electron chi connectivity index (χ4n) is 2.70. The lowest BCUT2D eigenvalue weighted by atomic mass is 9.96. The Hall–Kier alpha value is -0.0800. The number of rotatable bonds is 1. The first kappa shape index (κ1) is 9.47. The summed E-state index contributed by atoms with van der Waals surface area (Å²) in [5.74, 6) is 0.927. The number of nitrogens with zero attached hydrogens (tertiary/aromatic N) is 1. The van der Waals surface area contributed by atoms with Crippen LogP contribution in [0.15, 0.2) is 0 Å². The lowest BCUT2D eigenvalue weighted by molar-refractivity contribution is 0.111. The minimum absolute atomic E-state index is 0.844. The summed E-state index contributed by atoms with van der Waals surface area (Å²) in [6.45, 7) is 7.54. The molecule has 0 bridgehead atoms. The normalized spacial score (nSPS) is 37.6. The third kappa shape index (κ3) is 2.44. The van der Waals surface area contributed by atoms with Gasteiger partial charge in [-0.25, -0.2) is 0 Å². The van der Waals surface area contributed by atoms with Crippen molar-refractivity contribution < 1.29 is 0 Å². The van der Waals surface area contributed by atoms with Gasteiger partial charge in [-0.1, -0.05) is 6.92 Å². The maximum absolute atomic E-state index is 3.51. The molecule has 0 amide bonds. The van der Waals surface area contributed by atoms with Crippen LogP contribution in [0.2, 0.25) is 0 Å². The Morgan fingerprint density at radius 3 is 2.85 bits per heavy atom. The summed E-state index contributed by atoms with van der Waals surface area (Å²) in [4.78, 5) is 2.71. The van der Waals surface area contributed by atoms with E-state index in [9.17, 15) is 0 Å². The van der Waals surface area contributed by atoms with Crippen LogP contribution in [0.4, 0.5) is 0 Å². The van der Waals surface area contributed by atoms with Crippen LogP contribution in [-0.2, 0) is 0 Å². The molecule has 2 nitrogen and oxygen atoms in total. The Kier molecular flexibility index (Phi) is 3.23. The Morgan fingerprint density at radius 1 is 1.23 bits per heavy atom. The molecule has 2 rings (SSSR count). The molecule has 0 unspecified atom stereocenters. The molecule has 2 aliphatic heterocycles. The molecule has 0 aromatic carbocycles. The van der Waals surface area contributed by atoms with Gasteiger partial charge in [-0.2, -0.15) is 0 Å². The SMILES string of the molecule is C[C@H]1CCCN([C@H]2CCCNC2)C1. The van der Waals surface area contributed by atoms with Gasteiger partial charge in [0.15, 0.2) is 0 Å². The maximum Gasteiger partial charge on any atom is 0.0221 e. The minimum atomic E-state index is 0.844.